The number of rotatable bonds is 3. The lowest BCUT2D eigenvalue weighted by Gasteiger charge is -2.04. The Morgan fingerprint density at radius 1 is 1.53 bits per heavy atom. The van der Waals surface area contributed by atoms with E-state index >= 15 is 0 Å². The van der Waals surface area contributed by atoms with Crippen LogP contribution in [0, 0.1) is 13.8 Å². The highest BCUT2D eigenvalue weighted by molar-refractivity contribution is 14.1. The van der Waals surface area contributed by atoms with Gasteiger partial charge in [-0.1, -0.05) is 0 Å². The molecule has 0 N–H and O–H groups in total. The zero-order chi connectivity index (χ0) is 13.4. The summed E-state index contributed by atoms with van der Waals surface area (Å²) in [6.45, 7) is 0. The maximum Gasteiger partial charge on any atom is 0.308 e. The summed E-state index contributed by atoms with van der Waals surface area (Å²) >= 11 is 1.34. The minimum Gasteiger partial charge on any atom is -0.258 e. The lowest BCUT2D eigenvalue weighted by atomic mass is 10.3. The van der Waals surface area contributed by atoms with Crippen molar-refractivity contribution in [1.82, 2.24) is 4.98 Å². The third-order valence-electron chi connectivity index (χ3n) is 1.61. The van der Waals surface area contributed by atoms with Crippen LogP contribution in [0.15, 0.2) is 11.1 Å². The smallest absolute Gasteiger partial charge is 0.258 e. The van der Waals surface area contributed by atoms with Crippen LogP contribution in [0.5, 0.6) is 0 Å². The Morgan fingerprint density at radius 3 is 2.41 bits per heavy atom. The number of aromatic nitrogens is 1. The van der Waals surface area contributed by atoms with Gasteiger partial charge in [-0.15, -0.1) is 0 Å². The quantitative estimate of drug-likeness (QED) is 0.256. The fraction of sp³-hybridized carbons (Fsp3) is 0.167. The molecule has 94 valence electrons. The summed E-state index contributed by atoms with van der Waals surface area (Å²) in [7, 11) is 0.452. The van der Waals surface area contributed by atoms with E-state index in [9.17, 15) is 27.3 Å². The highest BCUT2D eigenvalue weighted by atomic mass is 127. The molecule has 1 rings (SSSR count). The number of halogens is 4. The first kappa shape index (κ1) is 14.4. The third-order valence-corrected chi connectivity index (χ3v) is 3.68. The second-order valence-corrected chi connectivity index (χ2v) is 6.19. The SMILES string of the molecule is O=[N+]([O-])c1cc(C(F)F)c(I)nc1S(=O)(=O)Cl. The minimum atomic E-state index is -4.47. The molecule has 17 heavy (non-hydrogen) atoms. The molecule has 1 aromatic heterocycles. The van der Waals surface area contributed by atoms with Crippen molar-refractivity contribution in [2.24, 2.45) is 0 Å². The largest absolute Gasteiger partial charge is 0.308 e. The minimum absolute atomic E-state index is 0.359. The average molecular weight is 399 g/mol. The highest BCUT2D eigenvalue weighted by Gasteiger charge is 2.30. The normalized spacial score (nSPS) is 11.8. The Hall–Kier alpha value is -0.620. The zero-order valence-electron chi connectivity index (χ0n) is 7.60. The summed E-state index contributed by atoms with van der Waals surface area (Å²) in [6, 6.07) is 0.453. The van der Waals surface area contributed by atoms with Crippen LogP contribution in [0.4, 0.5) is 14.5 Å². The van der Waals surface area contributed by atoms with Gasteiger partial charge in [0.25, 0.3) is 15.5 Å². The Balaban J connectivity index is 3.65. The van der Waals surface area contributed by atoms with Crippen LogP contribution in [0.1, 0.15) is 12.0 Å². The summed E-state index contributed by atoms with van der Waals surface area (Å²) in [5.74, 6) is 0. The fourth-order valence-electron chi connectivity index (χ4n) is 0.943. The highest BCUT2D eigenvalue weighted by Crippen LogP contribution is 2.32. The van der Waals surface area contributed by atoms with E-state index < -0.39 is 36.7 Å². The van der Waals surface area contributed by atoms with Crippen molar-refractivity contribution in [1.29, 1.82) is 0 Å². The van der Waals surface area contributed by atoms with Gasteiger partial charge in [0.15, 0.2) is 0 Å². The molecule has 1 aromatic rings. The second kappa shape index (κ2) is 4.94. The first-order valence-corrected chi connectivity index (χ1v) is 7.11. The number of hydrogen-bond acceptors (Lipinski definition) is 5. The Morgan fingerprint density at radius 2 is 2.06 bits per heavy atom. The van der Waals surface area contributed by atoms with Crippen molar-refractivity contribution in [2.75, 3.05) is 0 Å². The molecule has 0 aliphatic heterocycles. The predicted octanol–water partition coefficient (Wildman–Crippen LogP) is 2.46. The van der Waals surface area contributed by atoms with E-state index in [0.717, 1.165) is 0 Å². The molecule has 0 radical (unpaired) electrons. The van der Waals surface area contributed by atoms with Gasteiger partial charge in [0, 0.05) is 16.7 Å². The van der Waals surface area contributed by atoms with E-state index in [1.54, 1.807) is 0 Å². The Kier molecular flexibility index (Phi) is 4.19. The predicted molar refractivity (Wildman–Crippen MR) is 61.6 cm³/mol. The van der Waals surface area contributed by atoms with Crippen LogP contribution in [-0.4, -0.2) is 18.3 Å². The van der Waals surface area contributed by atoms with E-state index in [1.807, 2.05) is 0 Å². The van der Waals surface area contributed by atoms with Crippen LogP contribution in [0.2, 0.25) is 0 Å². The van der Waals surface area contributed by atoms with Gasteiger partial charge in [-0.3, -0.25) is 10.1 Å². The first-order valence-electron chi connectivity index (χ1n) is 3.72. The summed E-state index contributed by atoms with van der Waals surface area (Å²) < 4.78 is 46.5. The van der Waals surface area contributed by atoms with E-state index in [0.29, 0.717) is 6.07 Å². The molecule has 11 heteroatoms. The first-order chi connectivity index (χ1) is 7.64. The molecule has 0 spiro atoms. The van der Waals surface area contributed by atoms with Crippen molar-refractivity contribution >= 4 is 48.0 Å². The lowest BCUT2D eigenvalue weighted by Crippen LogP contribution is -2.06. The van der Waals surface area contributed by atoms with E-state index in [2.05, 4.69) is 4.98 Å². The van der Waals surface area contributed by atoms with Crippen molar-refractivity contribution < 1.29 is 22.1 Å². The van der Waals surface area contributed by atoms with Gasteiger partial charge < -0.3 is 0 Å². The molecule has 0 saturated heterocycles. The maximum atomic E-state index is 12.4. The summed E-state index contributed by atoms with van der Waals surface area (Å²) in [4.78, 5) is 12.6. The van der Waals surface area contributed by atoms with Crippen LogP contribution in [0.3, 0.4) is 0 Å². The van der Waals surface area contributed by atoms with Gasteiger partial charge in [-0.2, -0.15) is 0 Å². The van der Waals surface area contributed by atoms with Crippen LogP contribution in [-0.2, 0) is 9.05 Å². The molecule has 0 fully saturated rings. The molecule has 1 heterocycles. The topological polar surface area (TPSA) is 90.2 Å². The van der Waals surface area contributed by atoms with Crippen molar-refractivity contribution in [3.63, 3.8) is 0 Å². The second-order valence-electron chi connectivity index (χ2n) is 2.69. The molecular weight excluding hydrogens is 396 g/mol. The Bertz CT molecular complexity index is 580. The number of hydrogen-bond donors (Lipinski definition) is 0. The zero-order valence-corrected chi connectivity index (χ0v) is 11.3. The molecule has 0 atom stereocenters. The summed E-state index contributed by atoms with van der Waals surface area (Å²) in [5.41, 5.74) is -1.79. The molecule has 0 amide bonds. The summed E-state index contributed by atoms with van der Waals surface area (Å²) in [6.07, 6.45) is -3.00. The number of nitro groups is 1. The van der Waals surface area contributed by atoms with E-state index in [1.165, 1.54) is 22.6 Å². The third kappa shape index (κ3) is 3.19. The van der Waals surface area contributed by atoms with Crippen molar-refractivity contribution in [2.45, 2.75) is 11.5 Å². The van der Waals surface area contributed by atoms with Crippen LogP contribution in [0.25, 0.3) is 0 Å². The molecular formula is C6H2ClF2IN2O4S. The van der Waals surface area contributed by atoms with Crippen LogP contribution >= 0.6 is 33.3 Å². The molecule has 0 aromatic carbocycles. The molecule has 0 aliphatic carbocycles. The molecule has 6 nitrogen and oxygen atoms in total. The number of pyridine rings is 1. The Labute approximate surface area is 112 Å². The fourth-order valence-corrected chi connectivity index (χ4v) is 2.66. The van der Waals surface area contributed by atoms with Gasteiger partial charge in [0.1, 0.15) is 3.70 Å². The number of alkyl halides is 2. The summed E-state index contributed by atoms with van der Waals surface area (Å²) in [5, 5.41) is 9.51. The maximum absolute atomic E-state index is 12.4. The van der Waals surface area contributed by atoms with Gasteiger partial charge in [-0.05, 0) is 22.6 Å². The van der Waals surface area contributed by atoms with E-state index in [4.69, 9.17) is 10.7 Å². The molecule has 0 unspecified atom stereocenters. The molecule has 0 bridgehead atoms. The van der Waals surface area contributed by atoms with Crippen molar-refractivity contribution in [3.05, 3.63) is 25.4 Å². The lowest BCUT2D eigenvalue weighted by molar-refractivity contribution is -0.388. The monoisotopic (exact) mass is 398 g/mol. The van der Waals surface area contributed by atoms with Gasteiger partial charge in [-0.25, -0.2) is 22.2 Å². The number of nitrogens with zero attached hydrogens (tertiary/aromatic N) is 2. The van der Waals surface area contributed by atoms with Gasteiger partial charge >= 0.3 is 5.69 Å². The van der Waals surface area contributed by atoms with Gasteiger partial charge in [0.2, 0.25) is 5.03 Å². The molecule has 0 saturated carbocycles. The molecule has 0 aliphatic rings. The van der Waals surface area contributed by atoms with Crippen molar-refractivity contribution in [3.8, 4) is 0 Å². The average Bonchev–Trinajstić information content (AvgIpc) is 2.14. The van der Waals surface area contributed by atoms with Gasteiger partial charge in [0.05, 0.1) is 10.5 Å². The van der Waals surface area contributed by atoms with E-state index in [-0.39, 0.29) is 3.70 Å². The van der Waals surface area contributed by atoms with Crippen LogP contribution < -0.4 is 0 Å². The standard InChI is InChI=1S/C6H2ClF2IN2O4S/c7-17(15,16)6-3(12(13)14)1-2(4(8)9)5(10)11-6/h1,4H.